The highest BCUT2D eigenvalue weighted by molar-refractivity contribution is 6.13. The van der Waals surface area contributed by atoms with Crippen molar-refractivity contribution < 1.29 is 9.59 Å². The van der Waals surface area contributed by atoms with Gasteiger partial charge in [0.15, 0.2) is 0 Å². The summed E-state index contributed by atoms with van der Waals surface area (Å²) in [5.74, 6) is 0.236. The Morgan fingerprint density at radius 1 is 1.05 bits per heavy atom. The van der Waals surface area contributed by atoms with Gasteiger partial charge in [-0.3, -0.25) is 14.5 Å². The van der Waals surface area contributed by atoms with Gasteiger partial charge in [0.25, 0.3) is 11.8 Å². The van der Waals surface area contributed by atoms with Gasteiger partial charge in [-0.25, -0.2) is 0 Å². The summed E-state index contributed by atoms with van der Waals surface area (Å²) >= 11 is 0. The molecule has 0 bridgehead atoms. The first-order chi connectivity index (χ1) is 9.02. The van der Waals surface area contributed by atoms with E-state index in [0.717, 1.165) is 11.1 Å². The average Bonchev–Trinajstić information content (AvgIpc) is 2.82. The van der Waals surface area contributed by atoms with Gasteiger partial charge in [-0.1, -0.05) is 32.0 Å². The molecule has 1 aliphatic heterocycles. The summed E-state index contributed by atoms with van der Waals surface area (Å²) in [6, 6.07) is 6.09. The predicted octanol–water partition coefficient (Wildman–Crippen LogP) is 2.71. The maximum absolute atomic E-state index is 12.0. The number of benzene rings is 1. The smallest absolute Gasteiger partial charge is 0.254 e. The van der Waals surface area contributed by atoms with Gasteiger partial charge in [0.2, 0.25) is 0 Å². The zero-order chi connectivity index (χ0) is 13.7. The molecular weight excluding hydrogens is 238 g/mol. The molecule has 0 fully saturated rings. The standard InChI is InChI=1S/C16H17NO2/c1-9-5-4-6-12-10(2)11(3)16(15(9)12)17-13(18)7-8-14(17)19/h4-8,10-11,16H,1-3H3/t10-,11-,16-/m0/s1. The lowest BCUT2D eigenvalue weighted by Crippen LogP contribution is -2.36. The summed E-state index contributed by atoms with van der Waals surface area (Å²) in [6.07, 6.45) is 2.74. The number of hydrogen-bond donors (Lipinski definition) is 0. The summed E-state index contributed by atoms with van der Waals surface area (Å²) < 4.78 is 0. The second kappa shape index (κ2) is 4.05. The Hall–Kier alpha value is -1.90. The van der Waals surface area contributed by atoms with Crippen LogP contribution in [0.2, 0.25) is 0 Å². The molecule has 1 heterocycles. The average molecular weight is 255 g/mol. The third kappa shape index (κ3) is 1.57. The normalized spacial score (nSPS) is 29.2. The van der Waals surface area contributed by atoms with Crippen molar-refractivity contribution in [3.8, 4) is 0 Å². The maximum atomic E-state index is 12.0. The fourth-order valence-electron chi connectivity index (χ4n) is 3.37. The molecule has 1 aromatic carbocycles. The minimum absolute atomic E-state index is 0.124. The first kappa shape index (κ1) is 12.2. The molecule has 0 spiro atoms. The SMILES string of the molecule is Cc1cccc2c1[C@@H](N1C(=O)C=CC1=O)[C@@H](C)[C@@H]2C. The summed E-state index contributed by atoms with van der Waals surface area (Å²) in [4.78, 5) is 25.3. The lowest BCUT2D eigenvalue weighted by molar-refractivity contribution is -0.140. The zero-order valence-electron chi connectivity index (χ0n) is 11.4. The molecule has 0 aromatic heterocycles. The van der Waals surface area contributed by atoms with Gasteiger partial charge in [-0.2, -0.15) is 0 Å². The number of carbonyl (C=O) groups is 2. The van der Waals surface area contributed by atoms with E-state index < -0.39 is 0 Å². The monoisotopic (exact) mass is 255 g/mol. The Morgan fingerprint density at radius 3 is 2.32 bits per heavy atom. The Labute approximate surface area is 112 Å². The van der Waals surface area contributed by atoms with E-state index in [1.54, 1.807) is 0 Å². The molecule has 3 nitrogen and oxygen atoms in total. The van der Waals surface area contributed by atoms with Crippen molar-refractivity contribution in [3.05, 3.63) is 47.0 Å². The largest absolute Gasteiger partial charge is 0.269 e. The number of carbonyl (C=O) groups excluding carboxylic acids is 2. The van der Waals surface area contributed by atoms with Crippen molar-refractivity contribution in [1.82, 2.24) is 4.90 Å². The number of fused-ring (bicyclic) bond motifs is 1. The lowest BCUT2D eigenvalue weighted by Gasteiger charge is -2.28. The van der Waals surface area contributed by atoms with Crippen molar-refractivity contribution >= 4 is 11.8 Å². The highest BCUT2D eigenvalue weighted by Crippen LogP contribution is 2.49. The van der Waals surface area contributed by atoms with E-state index >= 15 is 0 Å². The van der Waals surface area contributed by atoms with E-state index in [1.807, 2.05) is 6.07 Å². The van der Waals surface area contributed by atoms with Crippen LogP contribution in [0.15, 0.2) is 30.4 Å². The van der Waals surface area contributed by atoms with Gasteiger partial charge < -0.3 is 0 Å². The van der Waals surface area contributed by atoms with E-state index in [4.69, 9.17) is 0 Å². The number of imide groups is 1. The lowest BCUT2D eigenvalue weighted by atomic mass is 9.93. The number of aryl methyl sites for hydroxylation is 1. The van der Waals surface area contributed by atoms with Crippen LogP contribution >= 0.6 is 0 Å². The Kier molecular flexibility index (Phi) is 2.59. The molecular formula is C16H17NO2. The first-order valence-corrected chi connectivity index (χ1v) is 6.67. The van der Waals surface area contributed by atoms with E-state index in [-0.39, 0.29) is 23.8 Å². The molecule has 2 aliphatic rings. The Morgan fingerprint density at radius 2 is 1.68 bits per heavy atom. The van der Waals surface area contributed by atoms with E-state index in [2.05, 4.69) is 32.9 Å². The highest BCUT2D eigenvalue weighted by atomic mass is 16.2. The quantitative estimate of drug-likeness (QED) is 0.723. The molecule has 19 heavy (non-hydrogen) atoms. The van der Waals surface area contributed by atoms with Crippen LogP contribution in [-0.2, 0) is 9.59 Å². The van der Waals surface area contributed by atoms with Gasteiger partial charge in [0.1, 0.15) is 0 Å². The van der Waals surface area contributed by atoms with Gasteiger partial charge >= 0.3 is 0 Å². The minimum Gasteiger partial charge on any atom is -0.269 e. The number of hydrogen-bond acceptors (Lipinski definition) is 2. The molecule has 0 saturated carbocycles. The fraction of sp³-hybridized carbons (Fsp3) is 0.375. The molecule has 1 aliphatic carbocycles. The predicted molar refractivity (Wildman–Crippen MR) is 72.5 cm³/mol. The maximum Gasteiger partial charge on any atom is 0.254 e. The Balaban J connectivity index is 2.14. The molecule has 1 aromatic rings. The number of rotatable bonds is 1. The molecule has 0 radical (unpaired) electrons. The summed E-state index contributed by atoms with van der Waals surface area (Å²) in [6.45, 7) is 6.34. The van der Waals surface area contributed by atoms with E-state index in [0.29, 0.717) is 5.92 Å². The van der Waals surface area contributed by atoms with E-state index in [1.165, 1.54) is 22.6 Å². The summed E-state index contributed by atoms with van der Waals surface area (Å²) in [5, 5.41) is 0. The van der Waals surface area contributed by atoms with Crippen LogP contribution in [-0.4, -0.2) is 16.7 Å². The first-order valence-electron chi connectivity index (χ1n) is 6.67. The number of amides is 2. The zero-order valence-corrected chi connectivity index (χ0v) is 11.4. The number of nitrogens with zero attached hydrogens (tertiary/aromatic N) is 1. The van der Waals surface area contributed by atoms with Gasteiger partial charge in [-0.15, -0.1) is 0 Å². The molecule has 3 atom stereocenters. The molecule has 2 amide bonds. The third-order valence-corrected chi connectivity index (χ3v) is 4.55. The second-order valence-electron chi connectivity index (χ2n) is 5.55. The fourth-order valence-corrected chi connectivity index (χ4v) is 3.37. The van der Waals surface area contributed by atoms with Crippen molar-refractivity contribution in [3.63, 3.8) is 0 Å². The topological polar surface area (TPSA) is 37.4 Å². The van der Waals surface area contributed by atoms with Crippen LogP contribution in [0, 0.1) is 12.8 Å². The van der Waals surface area contributed by atoms with Crippen molar-refractivity contribution in [1.29, 1.82) is 0 Å². The van der Waals surface area contributed by atoms with Crippen LogP contribution < -0.4 is 0 Å². The van der Waals surface area contributed by atoms with Crippen LogP contribution in [0.5, 0.6) is 0 Å². The van der Waals surface area contributed by atoms with E-state index in [9.17, 15) is 9.59 Å². The van der Waals surface area contributed by atoms with Crippen molar-refractivity contribution in [2.45, 2.75) is 32.7 Å². The molecule has 0 unspecified atom stereocenters. The van der Waals surface area contributed by atoms with Crippen molar-refractivity contribution in [2.75, 3.05) is 0 Å². The van der Waals surface area contributed by atoms with Crippen molar-refractivity contribution in [2.24, 2.45) is 5.92 Å². The van der Waals surface area contributed by atoms with Crippen LogP contribution in [0.1, 0.15) is 42.5 Å². The minimum atomic E-state index is -0.190. The molecule has 98 valence electrons. The molecule has 0 N–H and O–H groups in total. The highest BCUT2D eigenvalue weighted by Gasteiger charge is 2.44. The van der Waals surface area contributed by atoms with Crippen LogP contribution in [0.4, 0.5) is 0 Å². The van der Waals surface area contributed by atoms with Gasteiger partial charge in [0.05, 0.1) is 6.04 Å². The van der Waals surface area contributed by atoms with Crippen LogP contribution in [0.25, 0.3) is 0 Å². The third-order valence-electron chi connectivity index (χ3n) is 4.55. The van der Waals surface area contributed by atoms with Gasteiger partial charge in [-0.05, 0) is 35.4 Å². The molecule has 3 heteroatoms. The molecule has 3 rings (SSSR count). The summed E-state index contributed by atoms with van der Waals surface area (Å²) in [5.41, 5.74) is 3.59. The second-order valence-corrected chi connectivity index (χ2v) is 5.55. The summed E-state index contributed by atoms with van der Waals surface area (Å²) in [7, 11) is 0. The van der Waals surface area contributed by atoms with Gasteiger partial charge in [0, 0.05) is 12.2 Å². The molecule has 0 saturated heterocycles. The van der Waals surface area contributed by atoms with Crippen LogP contribution in [0.3, 0.4) is 0 Å². The Bertz CT molecular complexity index is 585.